The lowest BCUT2D eigenvalue weighted by molar-refractivity contribution is -0.119. The lowest BCUT2D eigenvalue weighted by atomic mass is 10.2. The van der Waals surface area contributed by atoms with Gasteiger partial charge in [-0.15, -0.1) is 0 Å². The fourth-order valence-corrected chi connectivity index (χ4v) is 1.36. The van der Waals surface area contributed by atoms with E-state index in [1.165, 1.54) is 12.8 Å². The molecule has 0 saturated carbocycles. The van der Waals surface area contributed by atoms with Crippen LogP contribution in [0.5, 0.6) is 0 Å². The van der Waals surface area contributed by atoms with E-state index in [1.54, 1.807) is 0 Å². The molecule has 0 fully saturated rings. The zero-order valence-corrected chi connectivity index (χ0v) is 10.6. The van der Waals surface area contributed by atoms with Crippen LogP contribution in [0.15, 0.2) is 0 Å². The van der Waals surface area contributed by atoms with Crippen LogP contribution in [-0.2, 0) is 4.79 Å². The summed E-state index contributed by atoms with van der Waals surface area (Å²) in [5, 5.41) is 6.16. The van der Waals surface area contributed by atoms with Crippen molar-refractivity contribution in [3.63, 3.8) is 0 Å². The molecule has 0 rings (SSSR count). The first-order chi connectivity index (χ1) is 7.20. The summed E-state index contributed by atoms with van der Waals surface area (Å²) >= 11 is 4.99. The van der Waals surface area contributed by atoms with E-state index in [-0.39, 0.29) is 5.91 Å². The molecular formula is C11H22N2OS. The molecule has 0 aliphatic rings. The molecular weight excluding hydrogens is 208 g/mol. The fraction of sp³-hybridized carbons (Fsp3) is 0.818. The van der Waals surface area contributed by atoms with E-state index in [1.807, 2.05) is 0 Å². The van der Waals surface area contributed by atoms with Gasteiger partial charge in [-0.05, 0) is 25.1 Å². The Morgan fingerprint density at radius 3 is 2.40 bits per heavy atom. The molecule has 0 saturated heterocycles. The second kappa shape index (κ2) is 9.90. The third-order valence-electron chi connectivity index (χ3n) is 2.08. The van der Waals surface area contributed by atoms with Crippen LogP contribution in [0.1, 0.15) is 52.4 Å². The average molecular weight is 230 g/mol. The first kappa shape index (κ1) is 14.4. The summed E-state index contributed by atoms with van der Waals surface area (Å²) in [5.41, 5.74) is 0. The van der Waals surface area contributed by atoms with Crippen LogP contribution in [0.2, 0.25) is 0 Å². The summed E-state index contributed by atoms with van der Waals surface area (Å²) in [4.78, 5) is 11.3. The van der Waals surface area contributed by atoms with Crippen molar-refractivity contribution < 1.29 is 4.79 Å². The van der Waals surface area contributed by atoms with E-state index in [0.29, 0.717) is 11.5 Å². The summed E-state index contributed by atoms with van der Waals surface area (Å²) in [5.74, 6) is 0.0184. The molecule has 0 spiro atoms. The highest BCUT2D eigenvalue weighted by Crippen LogP contribution is 1.93. The second-order valence-electron chi connectivity index (χ2n) is 3.61. The van der Waals surface area contributed by atoms with Crippen LogP contribution in [0.4, 0.5) is 0 Å². The minimum atomic E-state index is 0.0184. The Bertz CT molecular complexity index is 195. The normalized spacial score (nSPS) is 9.73. The smallest absolute Gasteiger partial charge is 0.226 e. The van der Waals surface area contributed by atoms with Crippen LogP contribution >= 0.6 is 12.2 Å². The van der Waals surface area contributed by atoms with E-state index < -0.39 is 0 Å². The van der Waals surface area contributed by atoms with Crippen molar-refractivity contribution in [3.05, 3.63) is 0 Å². The third-order valence-corrected chi connectivity index (χ3v) is 2.32. The second-order valence-corrected chi connectivity index (χ2v) is 4.02. The largest absolute Gasteiger partial charge is 0.362 e. The summed E-state index contributed by atoms with van der Waals surface area (Å²) in [6.07, 6.45) is 6.00. The Hall–Kier alpha value is -0.640. The fourth-order valence-electron chi connectivity index (χ4n) is 1.15. The monoisotopic (exact) mass is 230 g/mol. The van der Waals surface area contributed by atoms with Crippen molar-refractivity contribution >= 4 is 23.2 Å². The minimum absolute atomic E-state index is 0.0184. The number of hydrogen-bond acceptors (Lipinski definition) is 2. The van der Waals surface area contributed by atoms with Crippen molar-refractivity contribution in [1.82, 2.24) is 10.6 Å². The zero-order valence-electron chi connectivity index (χ0n) is 9.77. The minimum Gasteiger partial charge on any atom is -0.362 e. The standard InChI is InChI=1S/C11H22N2OS/c1-3-5-7-9-12-11(15)13-10(14)8-6-4-2/h3-9H2,1-2H3,(H2,12,13,14,15). The number of amides is 1. The van der Waals surface area contributed by atoms with Crippen LogP contribution in [-0.4, -0.2) is 17.6 Å². The number of unbranched alkanes of at least 4 members (excludes halogenated alkanes) is 3. The number of hydrogen-bond donors (Lipinski definition) is 2. The number of rotatable bonds is 7. The van der Waals surface area contributed by atoms with Crippen LogP contribution in [0, 0.1) is 0 Å². The Morgan fingerprint density at radius 1 is 1.13 bits per heavy atom. The van der Waals surface area contributed by atoms with Gasteiger partial charge in [0.25, 0.3) is 0 Å². The van der Waals surface area contributed by atoms with Crippen molar-refractivity contribution in [2.45, 2.75) is 52.4 Å². The van der Waals surface area contributed by atoms with Crippen molar-refractivity contribution in [2.75, 3.05) is 6.54 Å². The molecule has 0 heterocycles. The Morgan fingerprint density at radius 2 is 1.80 bits per heavy atom. The highest BCUT2D eigenvalue weighted by atomic mass is 32.1. The lowest BCUT2D eigenvalue weighted by Crippen LogP contribution is -2.39. The number of nitrogens with one attached hydrogen (secondary N) is 2. The number of carbonyl (C=O) groups excluding carboxylic acids is 1. The molecule has 0 atom stereocenters. The Kier molecular flexibility index (Phi) is 9.48. The summed E-state index contributed by atoms with van der Waals surface area (Å²) in [7, 11) is 0. The van der Waals surface area contributed by atoms with E-state index in [2.05, 4.69) is 24.5 Å². The summed E-state index contributed by atoms with van der Waals surface area (Å²) in [6.45, 7) is 5.07. The molecule has 0 radical (unpaired) electrons. The highest BCUT2D eigenvalue weighted by Gasteiger charge is 2.02. The maximum Gasteiger partial charge on any atom is 0.226 e. The van der Waals surface area contributed by atoms with Crippen molar-refractivity contribution in [3.8, 4) is 0 Å². The van der Waals surface area contributed by atoms with Crippen molar-refractivity contribution in [1.29, 1.82) is 0 Å². The summed E-state index contributed by atoms with van der Waals surface area (Å²) < 4.78 is 0. The van der Waals surface area contributed by atoms with E-state index in [9.17, 15) is 4.79 Å². The number of carbonyl (C=O) groups is 1. The van der Waals surface area contributed by atoms with Gasteiger partial charge in [-0.25, -0.2) is 0 Å². The van der Waals surface area contributed by atoms with Gasteiger partial charge in [-0.2, -0.15) is 0 Å². The lowest BCUT2D eigenvalue weighted by Gasteiger charge is -2.08. The van der Waals surface area contributed by atoms with Gasteiger partial charge in [0.2, 0.25) is 5.91 Å². The van der Waals surface area contributed by atoms with Gasteiger partial charge in [-0.1, -0.05) is 33.1 Å². The van der Waals surface area contributed by atoms with Gasteiger partial charge in [0.05, 0.1) is 0 Å². The maximum atomic E-state index is 11.3. The molecule has 15 heavy (non-hydrogen) atoms. The molecule has 0 aliphatic heterocycles. The van der Waals surface area contributed by atoms with Crippen LogP contribution in [0.3, 0.4) is 0 Å². The maximum absolute atomic E-state index is 11.3. The van der Waals surface area contributed by atoms with Gasteiger partial charge < -0.3 is 10.6 Å². The third kappa shape index (κ3) is 9.66. The SMILES string of the molecule is CCCCCNC(=S)NC(=O)CCCC. The van der Waals surface area contributed by atoms with E-state index >= 15 is 0 Å². The molecule has 3 nitrogen and oxygen atoms in total. The van der Waals surface area contributed by atoms with Gasteiger partial charge in [0, 0.05) is 13.0 Å². The predicted molar refractivity (Wildman–Crippen MR) is 67.8 cm³/mol. The molecule has 0 unspecified atom stereocenters. The first-order valence-corrected chi connectivity index (χ1v) is 6.19. The Balaban J connectivity index is 3.43. The van der Waals surface area contributed by atoms with Crippen LogP contribution < -0.4 is 10.6 Å². The predicted octanol–water partition coefficient (Wildman–Crippen LogP) is 2.36. The van der Waals surface area contributed by atoms with Gasteiger partial charge >= 0.3 is 0 Å². The van der Waals surface area contributed by atoms with E-state index in [4.69, 9.17) is 12.2 Å². The average Bonchev–Trinajstić information content (AvgIpc) is 2.21. The molecule has 0 aromatic heterocycles. The zero-order chi connectivity index (χ0) is 11.5. The molecule has 0 aliphatic carbocycles. The molecule has 4 heteroatoms. The molecule has 0 aromatic rings. The van der Waals surface area contributed by atoms with E-state index in [0.717, 1.165) is 25.8 Å². The number of thiocarbonyl (C=S) groups is 1. The first-order valence-electron chi connectivity index (χ1n) is 5.78. The molecule has 2 N–H and O–H groups in total. The Labute approximate surface area is 98.0 Å². The summed E-state index contributed by atoms with van der Waals surface area (Å²) in [6, 6.07) is 0. The van der Waals surface area contributed by atoms with Gasteiger partial charge in [0.15, 0.2) is 5.11 Å². The van der Waals surface area contributed by atoms with Gasteiger partial charge in [0.1, 0.15) is 0 Å². The highest BCUT2D eigenvalue weighted by molar-refractivity contribution is 7.80. The van der Waals surface area contributed by atoms with Crippen molar-refractivity contribution in [2.24, 2.45) is 0 Å². The van der Waals surface area contributed by atoms with Gasteiger partial charge in [-0.3, -0.25) is 4.79 Å². The van der Waals surface area contributed by atoms with Crippen LogP contribution in [0.25, 0.3) is 0 Å². The molecule has 0 aromatic carbocycles. The quantitative estimate of drug-likeness (QED) is 0.521. The molecule has 0 bridgehead atoms. The topological polar surface area (TPSA) is 41.1 Å². The molecule has 1 amide bonds. The molecule has 88 valence electrons.